The molecular weight excluding hydrogens is 291 g/mol. The molecule has 0 bridgehead atoms. The molecule has 1 radical (unpaired) electrons. The topological polar surface area (TPSA) is 112 Å². The van der Waals surface area contributed by atoms with Crippen LogP contribution in [0.5, 0.6) is 0 Å². The van der Waals surface area contributed by atoms with Crippen LogP contribution in [-0.2, 0) is 32.9 Å². The first-order valence-electron chi connectivity index (χ1n) is 5.97. The molecule has 0 aliphatic heterocycles. The Morgan fingerprint density at radius 1 is 0.632 bits per heavy atom. The second kappa shape index (κ2) is 22.2. The van der Waals surface area contributed by atoms with Crippen molar-refractivity contribution in [2.45, 2.75) is 59.3 Å². The van der Waals surface area contributed by atoms with Gasteiger partial charge in [0.15, 0.2) is 0 Å². The molecular formula is C12H24O6V. The summed E-state index contributed by atoms with van der Waals surface area (Å²) in [6, 6.07) is 0. The van der Waals surface area contributed by atoms with Gasteiger partial charge in [-0.25, -0.2) is 0 Å². The van der Waals surface area contributed by atoms with E-state index in [0.717, 1.165) is 19.3 Å². The summed E-state index contributed by atoms with van der Waals surface area (Å²) in [7, 11) is 0. The van der Waals surface area contributed by atoms with Gasteiger partial charge in [-0.05, 0) is 19.3 Å². The SMILES string of the molecule is CCCC(=O)O.CCCC(=O)O.CCCC(=O)O.[V]. The fraction of sp³-hybridized carbons (Fsp3) is 0.750. The molecule has 113 valence electrons. The van der Waals surface area contributed by atoms with Gasteiger partial charge in [0.05, 0.1) is 0 Å². The Balaban J connectivity index is -0.0000000865. The van der Waals surface area contributed by atoms with E-state index < -0.39 is 17.9 Å². The Bertz CT molecular complexity index is 192. The van der Waals surface area contributed by atoms with Crippen molar-refractivity contribution < 1.29 is 48.3 Å². The van der Waals surface area contributed by atoms with Crippen LogP contribution in [0.15, 0.2) is 0 Å². The van der Waals surface area contributed by atoms with Crippen molar-refractivity contribution in [3.63, 3.8) is 0 Å². The summed E-state index contributed by atoms with van der Waals surface area (Å²) >= 11 is 0. The molecule has 0 amide bonds. The first-order chi connectivity index (χ1) is 8.31. The van der Waals surface area contributed by atoms with E-state index >= 15 is 0 Å². The number of aliphatic carboxylic acids is 3. The monoisotopic (exact) mass is 315 g/mol. The number of carboxylic acids is 3. The minimum Gasteiger partial charge on any atom is -0.481 e. The molecule has 19 heavy (non-hydrogen) atoms. The number of hydrogen-bond acceptors (Lipinski definition) is 3. The van der Waals surface area contributed by atoms with Crippen LogP contribution < -0.4 is 0 Å². The number of rotatable bonds is 6. The molecule has 0 atom stereocenters. The maximum Gasteiger partial charge on any atom is 0.303 e. The van der Waals surface area contributed by atoms with Gasteiger partial charge in [-0.2, -0.15) is 0 Å². The molecule has 0 aromatic carbocycles. The summed E-state index contributed by atoms with van der Waals surface area (Å²) in [6.45, 7) is 5.52. The molecule has 0 saturated carbocycles. The quantitative estimate of drug-likeness (QED) is 0.694. The summed E-state index contributed by atoms with van der Waals surface area (Å²) < 4.78 is 0. The Kier molecular flexibility index (Phi) is 31.0. The molecule has 0 rings (SSSR count). The smallest absolute Gasteiger partial charge is 0.303 e. The number of carboxylic acid groups (broad SMARTS) is 3. The van der Waals surface area contributed by atoms with Gasteiger partial charge in [0, 0.05) is 37.8 Å². The molecule has 0 saturated heterocycles. The van der Waals surface area contributed by atoms with Crippen LogP contribution in [0.3, 0.4) is 0 Å². The van der Waals surface area contributed by atoms with Crippen LogP contribution in [0, 0.1) is 0 Å². The van der Waals surface area contributed by atoms with Gasteiger partial charge >= 0.3 is 17.9 Å². The van der Waals surface area contributed by atoms with Gasteiger partial charge in [-0.3, -0.25) is 14.4 Å². The Morgan fingerprint density at radius 2 is 0.789 bits per heavy atom. The van der Waals surface area contributed by atoms with Crippen molar-refractivity contribution in [2.24, 2.45) is 0 Å². The van der Waals surface area contributed by atoms with E-state index in [1.54, 1.807) is 0 Å². The Morgan fingerprint density at radius 3 is 0.789 bits per heavy atom. The van der Waals surface area contributed by atoms with Gasteiger partial charge in [-0.1, -0.05) is 20.8 Å². The van der Waals surface area contributed by atoms with E-state index in [4.69, 9.17) is 15.3 Å². The van der Waals surface area contributed by atoms with Gasteiger partial charge < -0.3 is 15.3 Å². The molecule has 0 fully saturated rings. The van der Waals surface area contributed by atoms with Crippen LogP contribution in [0.4, 0.5) is 0 Å². The van der Waals surface area contributed by atoms with Crippen molar-refractivity contribution in [3.05, 3.63) is 0 Å². The van der Waals surface area contributed by atoms with Crippen molar-refractivity contribution >= 4 is 17.9 Å². The minimum atomic E-state index is -0.711. The van der Waals surface area contributed by atoms with Crippen LogP contribution in [0.25, 0.3) is 0 Å². The molecule has 0 aromatic heterocycles. The summed E-state index contributed by atoms with van der Waals surface area (Å²) in [5.41, 5.74) is 0. The summed E-state index contributed by atoms with van der Waals surface area (Å²) in [5, 5.41) is 23.7. The Hall–Kier alpha value is -1.01. The zero-order valence-electron chi connectivity index (χ0n) is 11.8. The average molecular weight is 315 g/mol. The molecule has 0 heterocycles. The molecule has 3 N–H and O–H groups in total. The predicted molar refractivity (Wildman–Crippen MR) is 67.6 cm³/mol. The summed E-state index contributed by atoms with van der Waals surface area (Å²) in [5.74, 6) is -2.13. The zero-order valence-corrected chi connectivity index (χ0v) is 13.2. The molecule has 0 aliphatic carbocycles. The van der Waals surface area contributed by atoms with E-state index in [9.17, 15) is 14.4 Å². The molecule has 0 aliphatic rings. The van der Waals surface area contributed by atoms with E-state index in [-0.39, 0.29) is 18.6 Å². The van der Waals surface area contributed by atoms with Crippen LogP contribution in [-0.4, -0.2) is 33.2 Å². The molecule has 0 unspecified atom stereocenters. The molecule has 7 heteroatoms. The van der Waals surface area contributed by atoms with E-state index in [0.29, 0.717) is 19.3 Å². The van der Waals surface area contributed by atoms with Gasteiger partial charge in [0.25, 0.3) is 0 Å². The molecule has 0 spiro atoms. The molecule has 0 aromatic rings. The normalized spacial score (nSPS) is 7.74. The van der Waals surface area contributed by atoms with Crippen LogP contribution in [0.2, 0.25) is 0 Å². The van der Waals surface area contributed by atoms with Crippen molar-refractivity contribution in [3.8, 4) is 0 Å². The minimum absolute atomic E-state index is 0. The second-order valence-corrected chi connectivity index (χ2v) is 3.43. The summed E-state index contributed by atoms with van der Waals surface area (Å²) in [6.07, 6.45) is 3.07. The third kappa shape index (κ3) is 59.8. The fourth-order valence-electron chi connectivity index (χ4n) is 0.642. The Labute approximate surface area is 126 Å². The van der Waals surface area contributed by atoms with Gasteiger partial charge in [0.1, 0.15) is 0 Å². The molecule has 6 nitrogen and oxygen atoms in total. The summed E-state index contributed by atoms with van der Waals surface area (Å²) in [4.78, 5) is 28.8. The third-order valence-corrected chi connectivity index (χ3v) is 1.39. The maximum absolute atomic E-state index is 9.60. The van der Waals surface area contributed by atoms with E-state index in [2.05, 4.69) is 0 Å². The number of carbonyl (C=O) groups is 3. The van der Waals surface area contributed by atoms with Crippen molar-refractivity contribution in [2.75, 3.05) is 0 Å². The standard InChI is InChI=1S/3C4H8O2.V/c3*1-2-3-4(5)6;/h3*2-3H2,1H3,(H,5,6);. The van der Waals surface area contributed by atoms with E-state index in [1.165, 1.54) is 0 Å². The number of hydrogen-bond donors (Lipinski definition) is 3. The largest absolute Gasteiger partial charge is 0.481 e. The van der Waals surface area contributed by atoms with Crippen LogP contribution >= 0.6 is 0 Å². The first kappa shape index (κ1) is 26.5. The second-order valence-electron chi connectivity index (χ2n) is 3.43. The van der Waals surface area contributed by atoms with Crippen LogP contribution in [0.1, 0.15) is 59.3 Å². The fourth-order valence-corrected chi connectivity index (χ4v) is 0.642. The van der Waals surface area contributed by atoms with Gasteiger partial charge in [-0.15, -0.1) is 0 Å². The van der Waals surface area contributed by atoms with E-state index in [1.807, 2.05) is 20.8 Å². The first-order valence-corrected chi connectivity index (χ1v) is 5.97. The van der Waals surface area contributed by atoms with Gasteiger partial charge in [0.2, 0.25) is 0 Å². The third-order valence-electron chi connectivity index (χ3n) is 1.39. The van der Waals surface area contributed by atoms with Crippen molar-refractivity contribution in [1.29, 1.82) is 0 Å². The van der Waals surface area contributed by atoms with Crippen molar-refractivity contribution in [1.82, 2.24) is 0 Å². The zero-order chi connectivity index (χ0) is 15.0. The maximum atomic E-state index is 9.60. The average Bonchev–Trinajstić information content (AvgIpc) is 2.18. The predicted octanol–water partition coefficient (Wildman–Crippen LogP) is 2.61.